The summed E-state index contributed by atoms with van der Waals surface area (Å²) in [5.74, 6) is 1.40. The van der Waals surface area contributed by atoms with Gasteiger partial charge in [0.25, 0.3) is 0 Å². The summed E-state index contributed by atoms with van der Waals surface area (Å²) in [6.45, 7) is 7.94. The molecular weight excluding hydrogens is 348 g/mol. The molecule has 3 aromatic rings. The molecule has 0 fully saturated rings. The van der Waals surface area contributed by atoms with Crippen LogP contribution in [0, 0.1) is 15.5 Å². The maximum atomic E-state index is 12.6. The van der Waals surface area contributed by atoms with Crippen molar-refractivity contribution < 1.29 is 9.34 Å². The summed E-state index contributed by atoms with van der Waals surface area (Å²) in [5.41, 5.74) is -1.33. The Morgan fingerprint density at radius 3 is 2.63 bits per heavy atom. The van der Waals surface area contributed by atoms with Crippen LogP contribution in [-0.4, -0.2) is 14.3 Å². The summed E-state index contributed by atoms with van der Waals surface area (Å²) in [6, 6.07) is 8.30. The van der Waals surface area contributed by atoms with Crippen LogP contribution in [-0.2, 0) is 6.42 Å². The third-order valence-corrected chi connectivity index (χ3v) is 4.36. The van der Waals surface area contributed by atoms with Crippen molar-refractivity contribution in [2.45, 2.75) is 40.2 Å². The Bertz CT molecular complexity index is 1050. The standard InChI is InChI=1S/C19H22N4O4/c1-5-12-9-10-13(27-12)16(19(2,3)4)21-17-15(23(25)26)18(24)22-11-7-6-8-14(22)20-17/h6-11,16,21H,5H2,1-4H3. The second-order valence-electron chi connectivity index (χ2n) is 7.40. The second kappa shape index (κ2) is 6.86. The maximum absolute atomic E-state index is 12.6. The Hall–Kier alpha value is -3.16. The molecule has 3 rings (SSSR count). The zero-order chi connectivity index (χ0) is 19.8. The van der Waals surface area contributed by atoms with Gasteiger partial charge in [-0.3, -0.25) is 19.3 Å². The van der Waals surface area contributed by atoms with E-state index in [1.807, 2.05) is 39.8 Å². The van der Waals surface area contributed by atoms with E-state index < -0.39 is 22.2 Å². The molecule has 0 aliphatic carbocycles. The van der Waals surface area contributed by atoms with Gasteiger partial charge < -0.3 is 9.73 Å². The molecule has 0 spiro atoms. The number of hydrogen-bond acceptors (Lipinski definition) is 6. The third kappa shape index (κ3) is 3.55. The molecule has 0 aromatic carbocycles. The van der Waals surface area contributed by atoms with E-state index in [4.69, 9.17) is 4.42 Å². The average molecular weight is 370 g/mol. The van der Waals surface area contributed by atoms with Crippen LogP contribution in [0.2, 0.25) is 0 Å². The van der Waals surface area contributed by atoms with Gasteiger partial charge in [0.15, 0.2) is 0 Å². The minimum atomic E-state index is -0.727. The number of nitrogens with one attached hydrogen (secondary N) is 1. The lowest BCUT2D eigenvalue weighted by atomic mass is 9.85. The second-order valence-corrected chi connectivity index (χ2v) is 7.40. The lowest BCUT2D eigenvalue weighted by molar-refractivity contribution is -0.385. The van der Waals surface area contributed by atoms with Gasteiger partial charge in [-0.1, -0.05) is 33.8 Å². The van der Waals surface area contributed by atoms with Crippen LogP contribution >= 0.6 is 0 Å². The highest BCUT2D eigenvalue weighted by atomic mass is 16.6. The van der Waals surface area contributed by atoms with Gasteiger partial charge in [-0.2, -0.15) is 0 Å². The first-order chi connectivity index (χ1) is 12.7. The average Bonchev–Trinajstić information content (AvgIpc) is 3.07. The topological polar surface area (TPSA) is 103 Å². The van der Waals surface area contributed by atoms with Gasteiger partial charge >= 0.3 is 11.2 Å². The van der Waals surface area contributed by atoms with Crippen LogP contribution < -0.4 is 10.9 Å². The number of furan rings is 1. The summed E-state index contributed by atoms with van der Waals surface area (Å²) < 4.78 is 7.03. The molecule has 3 aromatic heterocycles. The molecule has 3 heterocycles. The van der Waals surface area contributed by atoms with E-state index in [9.17, 15) is 14.9 Å². The van der Waals surface area contributed by atoms with Gasteiger partial charge in [-0.05, 0) is 29.7 Å². The first kappa shape index (κ1) is 18.6. The molecule has 27 heavy (non-hydrogen) atoms. The third-order valence-electron chi connectivity index (χ3n) is 4.36. The van der Waals surface area contributed by atoms with E-state index in [0.29, 0.717) is 11.4 Å². The molecule has 1 N–H and O–H groups in total. The molecule has 0 radical (unpaired) electrons. The van der Waals surface area contributed by atoms with E-state index >= 15 is 0 Å². The van der Waals surface area contributed by atoms with E-state index in [0.717, 1.165) is 16.6 Å². The fourth-order valence-electron chi connectivity index (χ4n) is 2.94. The largest absolute Gasteiger partial charge is 0.464 e. The van der Waals surface area contributed by atoms with Gasteiger partial charge in [0.1, 0.15) is 17.2 Å². The number of anilines is 1. The molecule has 0 bridgehead atoms. The first-order valence-electron chi connectivity index (χ1n) is 8.73. The zero-order valence-electron chi connectivity index (χ0n) is 15.7. The van der Waals surface area contributed by atoms with Crippen LogP contribution in [0.5, 0.6) is 0 Å². The molecular formula is C19H22N4O4. The minimum absolute atomic E-state index is 0.0643. The molecule has 1 unspecified atom stereocenters. The van der Waals surface area contributed by atoms with Gasteiger partial charge in [0.2, 0.25) is 5.82 Å². The van der Waals surface area contributed by atoms with Crippen molar-refractivity contribution in [2.24, 2.45) is 5.41 Å². The van der Waals surface area contributed by atoms with Crippen LogP contribution in [0.1, 0.15) is 45.3 Å². The van der Waals surface area contributed by atoms with E-state index in [1.54, 1.807) is 18.2 Å². The van der Waals surface area contributed by atoms with Crippen LogP contribution in [0.25, 0.3) is 5.65 Å². The van der Waals surface area contributed by atoms with Crippen molar-refractivity contribution in [2.75, 3.05) is 5.32 Å². The molecule has 0 aliphatic rings. The van der Waals surface area contributed by atoms with E-state index in [-0.39, 0.29) is 11.2 Å². The zero-order valence-corrected chi connectivity index (χ0v) is 15.7. The van der Waals surface area contributed by atoms with Gasteiger partial charge in [0, 0.05) is 12.6 Å². The Kier molecular flexibility index (Phi) is 4.73. The number of aryl methyl sites for hydroxylation is 1. The molecule has 0 saturated carbocycles. The maximum Gasteiger partial charge on any atom is 0.376 e. The summed E-state index contributed by atoms with van der Waals surface area (Å²) in [6.07, 6.45) is 2.20. The van der Waals surface area contributed by atoms with Crippen molar-refractivity contribution >= 4 is 17.2 Å². The Morgan fingerprint density at radius 2 is 2.04 bits per heavy atom. The summed E-state index contributed by atoms with van der Waals surface area (Å²) in [7, 11) is 0. The van der Waals surface area contributed by atoms with Crippen molar-refractivity contribution in [3.05, 3.63) is 68.5 Å². The smallest absolute Gasteiger partial charge is 0.376 e. The van der Waals surface area contributed by atoms with Crippen molar-refractivity contribution in [3.8, 4) is 0 Å². The van der Waals surface area contributed by atoms with Crippen LogP contribution in [0.15, 0.2) is 45.7 Å². The number of hydrogen-bond donors (Lipinski definition) is 1. The number of pyridine rings is 1. The predicted octanol–water partition coefficient (Wildman–Crippen LogP) is 3.96. The predicted molar refractivity (Wildman–Crippen MR) is 102 cm³/mol. The molecule has 0 saturated heterocycles. The number of nitro groups is 1. The first-order valence-corrected chi connectivity index (χ1v) is 8.73. The van der Waals surface area contributed by atoms with Gasteiger partial charge in [-0.15, -0.1) is 0 Å². The lowest BCUT2D eigenvalue weighted by Gasteiger charge is -2.30. The molecule has 0 amide bonds. The molecule has 8 heteroatoms. The van der Waals surface area contributed by atoms with Crippen molar-refractivity contribution in [3.63, 3.8) is 0 Å². The number of aromatic nitrogens is 2. The summed E-state index contributed by atoms with van der Waals surface area (Å²) >= 11 is 0. The fourth-order valence-corrected chi connectivity index (χ4v) is 2.94. The summed E-state index contributed by atoms with van der Waals surface area (Å²) in [4.78, 5) is 27.9. The molecule has 142 valence electrons. The van der Waals surface area contributed by atoms with Crippen LogP contribution in [0.3, 0.4) is 0 Å². The lowest BCUT2D eigenvalue weighted by Crippen LogP contribution is -2.28. The number of fused-ring (bicyclic) bond motifs is 1. The molecule has 1 atom stereocenters. The molecule has 8 nitrogen and oxygen atoms in total. The van der Waals surface area contributed by atoms with Crippen molar-refractivity contribution in [1.82, 2.24) is 9.38 Å². The molecule has 0 aliphatic heterocycles. The highest BCUT2D eigenvalue weighted by molar-refractivity contribution is 5.60. The highest BCUT2D eigenvalue weighted by Gasteiger charge is 2.33. The Balaban J connectivity index is 2.16. The van der Waals surface area contributed by atoms with Gasteiger partial charge in [-0.25, -0.2) is 4.98 Å². The number of rotatable bonds is 5. The van der Waals surface area contributed by atoms with E-state index in [2.05, 4.69) is 10.3 Å². The fraction of sp³-hybridized carbons (Fsp3) is 0.368. The number of nitrogens with zero attached hydrogens (tertiary/aromatic N) is 3. The van der Waals surface area contributed by atoms with Crippen molar-refractivity contribution in [1.29, 1.82) is 0 Å². The van der Waals surface area contributed by atoms with E-state index in [1.165, 1.54) is 6.20 Å². The monoisotopic (exact) mass is 370 g/mol. The normalized spacial score (nSPS) is 12.9. The van der Waals surface area contributed by atoms with Gasteiger partial charge in [0.05, 0.1) is 11.0 Å². The highest BCUT2D eigenvalue weighted by Crippen LogP contribution is 2.37. The Morgan fingerprint density at radius 1 is 1.30 bits per heavy atom. The Labute approximate surface area is 156 Å². The quantitative estimate of drug-likeness (QED) is 0.539. The SMILES string of the molecule is CCc1ccc(C(Nc2nc3ccccn3c(=O)c2[N+](=O)[O-])C(C)(C)C)o1. The van der Waals surface area contributed by atoms with Crippen LogP contribution in [0.4, 0.5) is 11.5 Å². The summed E-state index contributed by atoms with van der Waals surface area (Å²) in [5, 5.41) is 14.7. The minimum Gasteiger partial charge on any atom is -0.464 e.